The Labute approximate surface area is 188 Å². The van der Waals surface area contributed by atoms with E-state index < -0.39 is 6.04 Å². The number of hydrogen-bond donors (Lipinski definition) is 1. The van der Waals surface area contributed by atoms with Gasteiger partial charge in [0.25, 0.3) is 5.91 Å². The maximum Gasteiger partial charge on any atom is 0.251 e. The van der Waals surface area contributed by atoms with Gasteiger partial charge in [0.15, 0.2) is 0 Å². The lowest BCUT2D eigenvalue weighted by Crippen LogP contribution is -2.56. The molecule has 0 spiro atoms. The number of piperazine rings is 1. The van der Waals surface area contributed by atoms with Crippen molar-refractivity contribution < 1.29 is 14.3 Å². The summed E-state index contributed by atoms with van der Waals surface area (Å²) in [5, 5.41) is 12.2. The van der Waals surface area contributed by atoms with Crippen LogP contribution in [0.5, 0.6) is 5.75 Å². The van der Waals surface area contributed by atoms with E-state index in [0.717, 1.165) is 0 Å². The van der Waals surface area contributed by atoms with Gasteiger partial charge in [-0.3, -0.25) is 9.59 Å². The minimum Gasteiger partial charge on any atom is -0.494 e. The van der Waals surface area contributed by atoms with E-state index in [1.807, 2.05) is 25.7 Å². The zero-order valence-corrected chi connectivity index (χ0v) is 18.7. The second kappa shape index (κ2) is 10.6. The topological polar surface area (TPSA) is 98.6 Å². The molecular weight excluding hydrogens is 406 g/mol. The van der Waals surface area contributed by atoms with Crippen molar-refractivity contribution in [3.05, 3.63) is 53.7 Å². The van der Waals surface area contributed by atoms with E-state index in [4.69, 9.17) is 4.74 Å². The summed E-state index contributed by atoms with van der Waals surface area (Å²) in [7, 11) is 0. The number of aromatic nitrogens is 1. The first-order valence-electron chi connectivity index (χ1n) is 10.9. The fraction of sp³-hybridized carbons (Fsp3) is 0.417. The minimum atomic E-state index is -0.620. The van der Waals surface area contributed by atoms with Gasteiger partial charge >= 0.3 is 0 Å². The molecule has 1 aromatic heterocycles. The van der Waals surface area contributed by atoms with Gasteiger partial charge in [0.2, 0.25) is 5.91 Å². The van der Waals surface area contributed by atoms with Crippen LogP contribution in [0.25, 0.3) is 0 Å². The number of benzene rings is 1. The van der Waals surface area contributed by atoms with Gasteiger partial charge in [-0.1, -0.05) is 13.8 Å². The van der Waals surface area contributed by atoms with Gasteiger partial charge in [0.1, 0.15) is 23.7 Å². The number of nitrogens with one attached hydrogen (secondary N) is 1. The van der Waals surface area contributed by atoms with Crippen molar-refractivity contribution in [1.29, 1.82) is 5.26 Å². The van der Waals surface area contributed by atoms with Crippen molar-refractivity contribution in [3.63, 3.8) is 0 Å². The standard InChI is InChI=1S/C24H29N5O3/c1-4-32-20-9-7-18(8-10-20)23(30)27-21(17(2)3)24(31)29-14-12-28(13-15-29)22-19(16-25)6-5-11-26-22/h5-11,17,21H,4,12-15H2,1-3H3,(H,27,30)/t21-/m0/s1. The van der Waals surface area contributed by atoms with Crippen molar-refractivity contribution in [2.24, 2.45) is 5.92 Å². The predicted octanol–water partition coefficient (Wildman–Crippen LogP) is 2.46. The first-order valence-corrected chi connectivity index (χ1v) is 10.9. The highest BCUT2D eigenvalue weighted by Gasteiger charge is 2.31. The highest BCUT2D eigenvalue weighted by atomic mass is 16.5. The molecule has 8 nitrogen and oxygen atoms in total. The molecule has 1 atom stereocenters. The highest BCUT2D eigenvalue weighted by Crippen LogP contribution is 2.19. The molecule has 2 amide bonds. The number of carbonyl (C=O) groups is 2. The van der Waals surface area contributed by atoms with E-state index in [1.54, 1.807) is 47.5 Å². The average Bonchev–Trinajstić information content (AvgIpc) is 2.82. The Hall–Kier alpha value is -3.60. The van der Waals surface area contributed by atoms with Crippen LogP contribution in [0.3, 0.4) is 0 Å². The molecule has 32 heavy (non-hydrogen) atoms. The van der Waals surface area contributed by atoms with Crippen molar-refractivity contribution in [2.45, 2.75) is 26.8 Å². The summed E-state index contributed by atoms with van der Waals surface area (Å²) in [6.07, 6.45) is 1.67. The molecule has 1 aromatic carbocycles. The normalized spacial score (nSPS) is 14.6. The summed E-state index contributed by atoms with van der Waals surface area (Å²) in [5.74, 6) is 0.900. The van der Waals surface area contributed by atoms with Crippen molar-refractivity contribution in [3.8, 4) is 11.8 Å². The Morgan fingerprint density at radius 3 is 2.44 bits per heavy atom. The fourth-order valence-electron chi connectivity index (χ4n) is 3.68. The van der Waals surface area contributed by atoms with Gasteiger partial charge in [0, 0.05) is 37.9 Å². The van der Waals surface area contributed by atoms with E-state index in [9.17, 15) is 14.9 Å². The third-order valence-electron chi connectivity index (χ3n) is 5.44. The number of amides is 2. The number of hydrogen-bond acceptors (Lipinski definition) is 6. The monoisotopic (exact) mass is 435 g/mol. The van der Waals surface area contributed by atoms with Crippen molar-refractivity contribution in [2.75, 3.05) is 37.7 Å². The summed E-state index contributed by atoms with van der Waals surface area (Å²) in [4.78, 5) is 34.1. The molecule has 2 aromatic rings. The third kappa shape index (κ3) is 5.35. The molecule has 2 heterocycles. The summed E-state index contributed by atoms with van der Waals surface area (Å²) < 4.78 is 5.41. The Bertz CT molecular complexity index is 976. The molecule has 1 saturated heterocycles. The maximum atomic E-state index is 13.2. The van der Waals surface area contributed by atoms with Crippen LogP contribution in [0.2, 0.25) is 0 Å². The van der Waals surface area contributed by atoms with E-state index in [2.05, 4.69) is 16.4 Å². The molecule has 0 radical (unpaired) electrons. The fourth-order valence-corrected chi connectivity index (χ4v) is 3.68. The molecule has 0 bridgehead atoms. The Morgan fingerprint density at radius 2 is 1.84 bits per heavy atom. The summed E-state index contributed by atoms with van der Waals surface area (Å²) >= 11 is 0. The van der Waals surface area contributed by atoms with E-state index in [-0.39, 0.29) is 17.7 Å². The number of carbonyl (C=O) groups excluding carboxylic acids is 2. The number of ether oxygens (including phenoxy) is 1. The van der Waals surface area contributed by atoms with Gasteiger partial charge in [-0.05, 0) is 49.2 Å². The maximum absolute atomic E-state index is 13.2. The van der Waals surface area contributed by atoms with Crippen LogP contribution in [0.15, 0.2) is 42.6 Å². The first kappa shape index (κ1) is 23.1. The summed E-state index contributed by atoms with van der Waals surface area (Å²) in [6.45, 7) is 8.46. The number of nitrogens with zero attached hydrogens (tertiary/aromatic N) is 4. The van der Waals surface area contributed by atoms with E-state index >= 15 is 0 Å². The first-order chi connectivity index (χ1) is 15.4. The Balaban J connectivity index is 1.63. The molecule has 1 aliphatic heterocycles. The molecule has 1 aliphatic rings. The van der Waals surface area contributed by atoms with Crippen LogP contribution in [0.4, 0.5) is 5.82 Å². The Morgan fingerprint density at radius 1 is 1.16 bits per heavy atom. The van der Waals surface area contributed by atoms with E-state index in [0.29, 0.717) is 55.5 Å². The minimum absolute atomic E-state index is 0.0619. The molecule has 0 saturated carbocycles. The van der Waals surface area contributed by atoms with E-state index in [1.165, 1.54) is 0 Å². The lowest BCUT2D eigenvalue weighted by molar-refractivity contribution is -0.134. The second-order valence-corrected chi connectivity index (χ2v) is 7.95. The molecule has 0 unspecified atom stereocenters. The van der Waals surface area contributed by atoms with Gasteiger partial charge in [-0.2, -0.15) is 5.26 Å². The molecular formula is C24H29N5O3. The molecule has 3 rings (SSSR count). The van der Waals surface area contributed by atoms with Crippen LogP contribution in [-0.4, -0.2) is 60.5 Å². The molecule has 168 valence electrons. The third-order valence-corrected chi connectivity index (χ3v) is 5.44. The lowest BCUT2D eigenvalue weighted by atomic mass is 10.0. The van der Waals surface area contributed by atoms with Crippen molar-refractivity contribution in [1.82, 2.24) is 15.2 Å². The average molecular weight is 436 g/mol. The molecule has 8 heteroatoms. The molecule has 1 N–H and O–H groups in total. The zero-order chi connectivity index (χ0) is 23.1. The number of pyridine rings is 1. The van der Waals surface area contributed by atoms with Gasteiger partial charge < -0.3 is 19.9 Å². The predicted molar refractivity (Wildman–Crippen MR) is 121 cm³/mol. The van der Waals surface area contributed by atoms with Crippen LogP contribution >= 0.6 is 0 Å². The lowest BCUT2D eigenvalue weighted by Gasteiger charge is -2.38. The zero-order valence-electron chi connectivity index (χ0n) is 18.7. The quantitative estimate of drug-likeness (QED) is 0.717. The van der Waals surface area contributed by atoms with Gasteiger partial charge in [-0.15, -0.1) is 0 Å². The van der Waals surface area contributed by atoms with Crippen LogP contribution in [-0.2, 0) is 4.79 Å². The van der Waals surface area contributed by atoms with Crippen LogP contribution in [0, 0.1) is 17.2 Å². The van der Waals surface area contributed by atoms with Crippen LogP contribution in [0.1, 0.15) is 36.7 Å². The largest absolute Gasteiger partial charge is 0.494 e. The molecule has 0 aliphatic carbocycles. The molecule has 1 fully saturated rings. The Kier molecular flexibility index (Phi) is 7.66. The number of rotatable bonds is 7. The van der Waals surface area contributed by atoms with Gasteiger partial charge in [-0.25, -0.2) is 4.98 Å². The smallest absolute Gasteiger partial charge is 0.251 e. The second-order valence-electron chi connectivity index (χ2n) is 7.95. The van der Waals surface area contributed by atoms with Crippen LogP contribution < -0.4 is 15.0 Å². The number of anilines is 1. The van der Waals surface area contributed by atoms with Gasteiger partial charge in [0.05, 0.1) is 12.2 Å². The van der Waals surface area contributed by atoms with Crippen molar-refractivity contribution >= 4 is 17.6 Å². The highest BCUT2D eigenvalue weighted by molar-refractivity contribution is 5.97. The number of nitriles is 1. The SMILES string of the molecule is CCOc1ccc(C(=O)N[C@H](C(=O)N2CCN(c3ncccc3C#N)CC2)C(C)C)cc1. The summed E-state index contributed by atoms with van der Waals surface area (Å²) in [6, 6.07) is 11.9. The summed E-state index contributed by atoms with van der Waals surface area (Å²) in [5.41, 5.74) is 1.01.